The maximum atomic E-state index is 6.14. The predicted molar refractivity (Wildman–Crippen MR) is 76.1 cm³/mol. The van der Waals surface area contributed by atoms with Crippen molar-refractivity contribution in [1.29, 1.82) is 0 Å². The van der Waals surface area contributed by atoms with Gasteiger partial charge >= 0.3 is 0 Å². The first-order valence-corrected chi connectivity index (χ1v) is 6.66. The number of rotatable bonds is 2. The minimum Gasteiger partial charge on any atom is -0.356 e. The van der Waals surface area contributed by atoms with Crippen LogP contribution in [0.4, 0.5) is 5.82 Å². The number of aromatic nitrogens is 1. The second-order valence-corrected chi connectivity index (χ2v) is 5.22. The summed E-state index contributed by atoms with van der Waals surface area (Å²) in [4.78, 5) is 6.99. The quantitative estimate of drug-likeness (QED) is 0.904. The lowest BCUT2D eigenvalue weighted by Gasteiger charge is -2.17. The van der Waals surface area contributed by atoms with Crippen molar-refractivity contribution in [3.63, 3.8) is 0 Å². The van der Waals surface area contributed by atoms with Crippen LogP contribution in [-0.2, 0) is 0 Å². The van der Waals surface area contributed by atoms with Crippen LogP contribution in [0.5, 0.6) is 0 Å². The fraction of sp³-hybridized carbons (Fsp3) is 0.357. The zero-order valence-corrected chi connectivity index (χ0v) is 10.9. The average molecular weight is 262 g/mol. The number of hydrogen-bond donors (Lipinski definition) is 1. The van der Waals surface area contributed by atoms with Gasteiger partial charge < -0.3 is 10.6 Å². The molecule has 1 aliphatic heterocycles. The third-order valence-corrected chi connectivity index (χ3v) is 3.94. The highest BCUT2D eigenvalue weighted by molar-refractivity contribution is 6.35. The van der Waals surface area contributed by atoms with E-state index >= 15 is 0 Å². The standard InChI is InChI=1S/C14H16ClN3/c15-12-2-1-3-13-11(12)4-5-14(17-13)18-7-6-10(8-16)9-18/h1-5,10H,6-9,16H2. The van der Waals surface area contributed by atoms with E-state index in [4.69, 9.17) is 17.3 Å². The van der Waals surface area contributed by atoms with E-state index in [1.165, 1.54) is 0 Å². The minimum absolute atomic E-state index is 0.599. The van der Waals surface area contributed by atoms with Gasteiger partial charge in [-0.3, -0.25) is 0 Å². The van der Waals surface area contributed by atoms with Crippen molar-refractivity contribution in [3.8, 4) is 0 Å². The van der Waals surface area contributed by atoms with Crippen molar-refractivity contribution in [1.82, 2.24) is 4.98 Å². The molecule has 2 heterocycles. The number of anilines is 1. The Morgan fingerprint density at radius 2 is 2.22 bits per heavy atom. The van der Waals surface area contributed by atoms with E-state index in [1.807, 2.05) is 24.3 Å². The molecule has 0 saturated carbocycles. The van der Waals surface area contributed by atoms with Crippen LogP contribution in [0.1, 0.15) is 6.42 Å². The lowest BCUT2D eigenvalue weighted by Crippen LogP contribution is -2.23. The smallest absolute Gasteiger partial charge is 0.129 e. The van der Waals surface area contributed by atoms with Gasteiger partial charge in [0.1, 0.15) is 5.82 Å². The van der Waals surface area contributed by atoms with Crippen LogP contribution in [0.15, 0.2) is 30.3 Å². The topological polar surface area (TPSA) is 42.1 Å². The highest BCUT2D eigenvalue weighted by Gasteiger charge is 2.22. The third-order valence-electron chi connectivity index (χ3n) is 3.61. The van der Waals surface area contributed by atoms with Gasteiger partial charge in [-0.15, -0.1) is 0 Å². The van der Waals surface area contributed by atoms with E-state index in [9.17, 15) is 0 Å². The molecule has 0 bridgehead atoms. The van der Waals surface area contributed by atoms with E-state index in [0.717, 1.165) is 47.8 Å². The summed E-state index contributed by atoms with van der Waals surface area (Å²) in [5, 5.41) is 1.77. The average Bonchev–Trinajstić information content (AvgIpc) is 2.87. The van der Waals surface area contributed by atoms with Gasteiger partial charge in [0.15, 0.2) is 0 Å². The Morgan fingerprint density at radius 1 is 1.33 bits per heavy atom. The highest BCUT2D eigenvalue weighted by atomic mass is 35.5. The molecule has 2 aromatic rings. The first kappa shape index (κ1) is 11.8. The molecule has 1 unspecified atom stereocenters. The van der Waals surface area contributed by atoms with Crippen LogP contribution in [0.25, 0.3) is 10.9 Å². The summed E-state index contributed by atoms with van der Waals surface area (Å²) in [5.74, 6) is 1.63. The van der Waals surface area contributed by atoms with Crippen LogP contribution < -0.4 is 10.6 Å². The van der Waals surface area contributed by atoms with Gasteiger partial charge in [-0.25, -0.2) is 4.98 Å². The molecule has 0 spiro atoms. The Balaban J connectivity index is 1.94. The summed E-state index contributed by atoms with van der Waals surface area (Å²) in [5.41, 5.74) is 6.67. The molecule has 18 heavy (non-hydrogen) atoms. The van der Waals surface area contributed by atoms with Crippen molar-refractivity contribution in [2.24, 2.45) is 11.7 Å². The summed E-state index contributed by atoms with van der Waals surface area (Å²) in [6.45, 7) is 2.81. The number of fused-ring (bicyclic) bond motifs is 1. The fourth-order valence-corrected chi connectivity index (χ4v) is 2.75. The Labute approximate surface area is 112 Å². The summed E-state index contributed by atoms with van der Waals surface area (Å²) in [6.07, 6.45) is 1.16. The van der Waals surface area contributed by atoms with Gasteiger partial charge in [0.25, 0.3) is 0 Å². The maximum Gasteiger partial charge on any atom is 0.129 e. The first-order valence-electron chi connectivity index (χ1n) is 6.28. The molecule has 3 nitrogen and oxygen atoms in total. The van der Waals surface area contributed by atoms with Crippen molar-refractivity contribution >= 4 is 28.3 Å². The number of halogens is 1. The van der Waals surface area contributed by atoms with Crippen molar-refractivity contribution < 1.29 is 0 Å². The van der Waals surface area contributed by atoms with Crippen LogP contribution in [0.3, 0.4) is 0 Å². The molecule has 1 aliphatic rings. The minimum atomic E-state index is 0.599. The normalized spacial score (nSPS) is 19.7. The molecule has 3 rings (SSSR count). The van der Waals surface area contributed by atoms with Gasteiger partial charge in [-0.05, 0) is 43.1 Å². The second kappa shape index (κ2) is 4.75. The third kappa shape index (κ3) is 2.04. The molecule has 1 aromatic carbocycles. The molecular weight excluding hydrogens is 246 g/mol. The van der Waals surface area contributed by atoms with E-state index in [0.29, 0.717) is 5.92 Å². The summed E-state index contributed by atoms with van der Waals surface area (Å²) in [6, 6.07) is 9.93. The molecule has 0 amide bonds. The molecule has 1 fully saturated rings. The molecule has 0 radical (unpaired) electrons. The fourth-order valence-electron chi connectivity index (χ4n) is 2.52. The lowest BCUT2D eigenvalue weighted by molar-refractivity contribution is 0.602. The molecule has 2 N–H and O–H groups in total. The van der Waals surface area contributed by atoms with Gasteiger partial charge in [-0.1, -0.05) is 17.7 Å². The van der Waals surface area contributed by atoms with Gasteiger partial charge in [0, 0.05) is 23.5 Å². The summed E-state index contributed by atoms with van der Waals surface area (Å²) >= 11 is 6.14. The first-order chi connectivity index (χ1) is 8.78. The van der Waals surface area contributed by atoms with Crippen molar-refractivity contribution in [2.75, 3.05) is 24.5 Å². The predicted octanol–water partition coefficient (Wildman–Crippen LogP) is 2.67. The number of benzene rings is 1. The van der Waals surface area contributed by atoms with Crippen molar-refractivity contribution in [2.45, 2.75) is 6.42 Å². The number of nitrogens with zero attached hydrogens (tertiary/aromatic N) is 2. The maximum absolute atomic E-state index is 6.14. The molecule has 1 atom stereocenters. The van der Waals surface area contributed by atoms with E-state index in [1.54, 1.807) is 0 Å². The highest BCUT2D eigenvalue weighted by Crippen LogP contribution is 2.27. The lowest BCUT2D eigenvalue weighted by atomic mass is 10.1. The Hall–Kier alpha value is -1.32. The van der Waals surface area contributed by atoms with E-state index < -0.39 is 0 Å². The summed E-state index contributed by atoms with van der Waals surface area (Å²) < 4.78 is 0. The van der Waals surface area contributed by atoms with Crippen LogP contribution >= 0.6 is 11.6 Å². The van der Waals surface area contributed by atoms with Crippen LogP contribution in [0.2, 0.25) is 5.02 Å². The zero-order valence-electron chi connectivity index (χ0n) is 10.1. The molecule has 0 aliphatic carbocycles. The van der Waals surface area contributed by atoms with Gasteiger partial charge in [-0.2, -0.15) is 0 Å². The zero-order chi connectivity index (χ0) is 12.5. The van der Waals surface area contributed by atoms with Gasteiger partial charge in [0.05, 0.1) is 5.52 Å². The van der Waals surface area contributed by atoms with Gasteiger partial charge in [0.2, 0.25) is 0 Å². The number of hydrogen-bond acceptors (Lipinski definition) is 3. The second-order valence-electron chi connectivity index (χ2n) is 4.81. The van der Waals surface area contributed by atoms with Crippen LogP contribution in [-0.4, -0.2) is 24.6 Å². The van der Waals surface area contributed by atoms with Crippen LogP contribution in [0, 0.1) is 5.92 Å². The monoisotopic (exact) mass is 261 g/mol. The largest absolute Gasteiger partial charge is 0.356 e. The molecule has 94 valence electrons. The number of nitrogens with two attached hydrogens (primary N) is 1. The molecule has 1 saturated heterocycles. The molecule has 1 aromatic heterocycles. The van der Waals surface area contributed by atoms with Crippen molar-refractivity contribution in [3.05, 3.63) is 35.4 Å². The Morgan fingerprint density at radius 3 is 3.00 bits per heavy atom. The molecular formula is C14H16ClN3. The van der Waals surface area contributed by atoms with E-state index in [2.05, 4.69) is 16.0 Å². The van der Waals surface area contributed by atoms with E-state index in [-0.39, 0.29) is 0 Å². The molecule has 4 heteroatoms. The summed E-state index contributed by atoms with van der Waals surface area (Å²) in [7, 11) is 0. The SMILES string of the molecule is NCC1CCN(c2ccc3c(Cl)cccc3n2)C1. The Bertz CT molecular complexity index is 570. The Kier molecular flexibility index (Phi) is 3.10. The number of pyridine rings is 1.